The molecule has 0 aliphatic rings. The number of likely N-dealkylation sites (N-methyl/N-ethyl adjacent to an activating group) is 1. The van der Waals surface area contributed by atoms with Gasteiger partial charge in [0.15, 0.2) is 0 Å². The first kappa shape index (κ1) is 4.70. The molecule has 0 heterocycles. The van der Waals surface area contributed by atoms with Crippen LogP contribution in [0.15, 0.2) is 0 Å². The summed E-state index contributed by atoms with van der Waals surface area (Å²) >= 11 is 0. The summed E-state index contributed by atoms with van der Waals surface area (Å²) in [6, 6.07) is 0. The molecule has 8 heavy (non-hydrogen) atoms. The summed E-state index contributed by atoms with van der Waals surface area (Å²) in [6.45, 7) is -0.156. The van der Waals surface area contributed by atoms with E-state index in [4.69, 9.17) is 2.80 Å². The average Bonchev–Trinajstić information content (AvgIpc) is 1.60. The molecule has 0 fully saturated rings. The van der Waals surface area contributed by atoms with Crippen molar-refractivity contribution in [3.8, 4) is 0 Å². The highest BCUT2D eigenvalue weighted by atomic mass is 19.1. The second kappa shape index (κ2) is 2.42. The first-order valence-corrected chi connectivity index (χ1v) is 2.40. The molecule has 0 aromatic rings. The SMILES string of the molecule is [2H]OC([2H])(F)C[N+](C)(C)C. The van der Waals surface area contributed by atoms with Crippen LogP contribution in [0.1, 0.15) is 1.37 Å². The molecule has 50 valence electrons. The Balaban J connectivity index is 3.89. The number of quaternary nitrogens is 1. The summed E-state index contributed by atoms with van der Waals surface area (Å²) < 4.78 is 25.8. The van der Waals surface area contributed by atoms with Gasteiger partial charge in [0, 0.05) is 0 Å². The molecule has 0 aromatic heterocycles. The molecule has 1 N–H and O–H groups in total. The Morgan fingerprint density at radius 3 is 2.50 bits per heavy atom. The van der Waals surface area contributed by atoms with Gasteiger partial charge in [0.1, 0.15) is 7.92 Å². The number of aliphatic hydroxyl groups is 1. The number of halogens is 1. The van der Waals surface area contributed by atoms with Gasteiger partial charge in [0.05, 0.1) is 21.1 Å². The lowest BCUT2D eigenvalue weighted by Crippen LogP contribution is -2.39. The molecule has 0 saturated carbocycles. The van der Waals surface area contributed by atoms with E-state index in [0.29, 0.717) is 0 Å². The number of alkyl halides is 1. The normalized spacial score (nSPS) is 23.5. The predicted molar refractivity (Wildman–Crippen MR) is 30.0 cm³/mol. The van der Waals surface area contributed by atoms with Crippen LogP contribution < -0.4 is 0 Å². The molecule has 0 amide bonds. The molecule has 0 saturated heterocycles. The minimum absolute atomic E-state index is 0.156. The van der Waals surface area contributed by atoms with Crippen molar-refractivity contribution in [2.75, 3.05) is 27.7 Å². The van der Waals surface area contributed by atoms with Crippen LogP contribution in [-0.2, 0) is 0 Å². The first-order valence-electron chi connectivity index (χ1n) is 3.31. The summed E-state index contributed by atoms with van der Waals surface area (Å²) in [5.41, 5.74) is 0. The molecular weight excluding hydrogens is 109 g/mol. The molecule has 1 atom stereocenters. The van der Waals surface area contributed by atoms with Crippen molar-refractivity contribution in [1.82, 2.24) is 0 Å². The maximum absolute atomic E-state index is 12.6. The van der Waals surface area contributed by atoms with Crippen LogP contribution in [0.4, 0.5) is 4.39 Å². The highest BCUT2D eigenvalue weighted by Crippen LogP contribution is 1.93. The monoisotopic (exact) mass is 124 g/mol. The molecule has 0 aliphatic carbocycles. The predicted octanol–water partition coefficient (Wildman–Crippen LogP) is -0.0195. The van der Waals surface area contributed by atoms with E-state index in [2.05, 4.69) is 5.11 Å². The van der Waals surface area contributed by atoms with Gasteiger partial charge in [-0.15, -0.1) is 0 Å². The average molecular weight is 124 g/mol. The van der Waals surface area contributed by atoms with Crippen molar-refractivity contribution < 1.29 is 15.4 Å². The summed E-state index contributed by atoms with van der Waals surface area (Å²) in [5, 5.41) is 3.55. The highest BCUT2D eigenvalue weighted by Gasteiger charge is 2.12. The van der Waals surface area contributed by atoms with Gasteiger partial charge in [0.2, 0.25) is 7.76 Å². The van der Waals surface area contributed by atoms with Gasteiger partial charge in [-0.1, -0.05) is 0 Å². The van der Waals surface area contributed by atoms with Gasteiger partial charge in [0.25, 0.3) is 0 Å². The molecule has 0 spiro atoms. The third-order valence-corrected chi connectivity index (χ3v) is 0.599. The van der Waals surface area contributed by atoms with E-state index in [9.17, 15) is 4.39 Å². The van der Waals surface area contributed by atoms with Crippen molar-refractivity contribution in [1.29, 1.82) is 1.43 Å². The minimum atomic E-state index is -2.59. The second-order valence-corrected chi connectivity index (χ2v) is 2.80. The zero-order chi connectivity index (χ0) is 8.41. The fourth-order valence-electron chi connectivity index (χ4n) is 0.373. The smallest absolute Gasteiger partial charge is 0.246 e. The molecular formula is C5H13FNO+. The third kappa shape index (κ3) is 5.85. The van der Waals surface area contributed by atoms with Crippen LogP contribution in [0.2, 0.25) is 0 Å². The molecule has 0 rings (SSSR count). The Kier molecular flexibility index (Phi) is 1.42. The Bertz CT molecular complexity index is 113. The van der Waals surface area contributed by atoms with Crippen molar-refractivity contribution in [2.45, 2.75) is 6.33 Å². The first-order chi connectivity index (χ1) is 4.27. The number of hydrogen-bond acceptors (Lipinski definition) is 1. The molecule has 2 nitrogen and oxygen atoms in total. The van der Waals surface area contributed by atoms with E-state index in [1.807, 2.05) is 0 Å². The number of nitrogens with zero attached hydrogens (tertiary/aromatic N) is 1. The number of hydrogen-bond donors (Lipinski definition) is 1. The standard InChI is InChI=1S/C5H13FNO/c1-7(2,3)4-5(6)8/h5,8H,4H2,1-3H3/q+1/i5D,8D. The van der Waals surface area contributed by atoms with E-state index in [1.165, 1.54) is 0 Å². The summed E-state index contributed by atoms with van der Waals surface area (Å²) in [5.74, 6) is 0. The van der Waals surface area contributed by atoms with Crippen molar-refractivity contribution in [3.05, 3.63) is 0 Å². The van der Waals surface area contributed by atoms with Crippen LogP contribution >= 0.6 is 0 Å². The zero-order valence-corrected chi connectivity index (χ0v) is 5.44. The molecule has 1 unspecified atom stereocenters. The Labute approximate surface area is 52.0 Å². The van der Waals surface area contributed by atoms with Crippen LogP contribution in [0.3, 0.4) is 0 Å². The van der Waals surface area contributed by atoms with E-state index in [1.54, 1.807) is 21.1 Å². The summed E-state index contributed by atoms with van der Waals surface area (Å²) in [7, 11) is 5.17. The van der Waals surface area contributed by atoms with Gasteiger partial charge in [-0.3, -0.25) is 0 Å². The quantitative estimate of drug-likeness (QED) is 0.524. The lowest BCUT2D eigenvalue weighted by atomic mass is 10.5. The van der Waals surface area contributed by atoms with Gasteiger partial charge in [-0.2, -0.15) is 0 Å². The van der Waals surface area contributed by atoms with E-state index in [0.717, 1.165) is 0 Å². The lowest BCUT2D eigenvalue weighted by molar-refractivity contribution is -0.875. The van der Waals surface area contributed by atoms with Crippen LogP contribution in [0.25, 0.3) is 0 Å². The Morgan fingerprint density at radius 1 is 1.88 bits per heavy atom. The van der Waals surface area contributed by atoms with Crippen molar-refractivity contribution >= 4 is 0 Å². The van der Waals surface area contributed by atoms with E-state index in [-0.39, 0.29) is 11.0 Å². The Morgan fingerprint density at radius 2 is 2.38 bits per heavy atom. The van der Waals surface area contributed by atoms with E-state index >= 15 is 0 Å². The van der Waals surface area contributed by atoms with Gasteiger partial charge >= 0.3 is 0 Å². The molecule has 0 radical (unpaired) electrons. The fraction of sp³-hybridized carbons (Fsp3) is 1.00. The van der Waals surface area contributed by atoms with Gasteiger partial charge in [-0.25, -0.2) is 4.39 Å². The van der Waals surface area contributed by atoms with E-state index < -0.39 is 6.33 Å². The zero-order valence-electron chi connectivity index (χ0n) is 7.44. The van der Waals surface area contributed by atoms with Crippen molar-refractivity contribution in [3.63, 3.8) is 0 Å². The highest BCUT2D eigenvalue weighted by molar-refractivity contribution is 4.29. The molecule has 3 heteroatoms. The summed E-state index contributed by atoms with van der Waals surface area (Å²) in [6.07, 6.45) is -2.59. The topological polar surface area (TPSA) is 20.2 Å². The third-order valence-electron chi connectivity index (χ3n) is 0.599. The summed E-state index contributed by atoms with van der Waals surface area (Å²) in [4.78, 5) is 0. The maximum atomic E-state index is 12.6. The largest absolute Gasteiger partial charge is 0.360 e. The van der Waals surface area contributed by atoms with Gasteiger partial charge < -0.3 is 9.59 Å². The minimum Gasteiger partial charge on any atom is -0.360 e. The fourth-order valence-corrected chi connectivity index (χ4v) is 0.373. The lowest BCUT2D eigenvalue weighted by Gasteiger charge is -2.23. The Hall–Kier alpha value is -0.150. The maximum Gasteiger partial charge on any atom is 0.246 e. The van der Waals surface area contributed by atoms with Crippen LogP contribution in [0, 0.1) is 0 Å². The molecule has 0 aromatic carbocycles. The van der Waals surface area contributed by atoms with Crippen LogP contribution in [-0.4, -0.2) is 45.0 Å². The second-order valence-electron chi connectivity index (χ2n) is 2.80. The van der Waals surface area contributed by atoms with Crippen molar-refractivity contribution in [2.24, 2.45) is 0 Å². The van der Waals surface area contributed by atoms with Gasteiger partial charge in [-0.05, 0) is 0 Å². The molecule has 0 aliphatic heterocycles. The van der Waals surface area contributed by atoms with Crippen LogP contribution in [0.5, 0.6) is 0 Å². The molecule has 0 bridgehead atoms. The number of rotatable bonds is 3.